The van der Waals surface area contributed by atoms with E-state index in [0.29, 0.717) is 6.42 Å². The SMILES string of the molecule is CCCCC[C@H](O)c1cccc(/C=C\CCCC(=O)OC)c1. The van der Waals surface area contributed by atoms with Crippen LogP contribution in [0, 0.1) is 0 Å². The summed E-state index contributed by atoms with van der Waals surface area (Å²) in [6.07, 6.45) is 10.0. The molecule has 1 rings (SSSR count). The van der Waals surface area contributed by atoms with E-state index < -0.39 is 0 Å². The van der Waals surface area contributed by atoms with Gasteiger partial charge in [-0.1, -0.05) is 56.5 Å². The number of aliphatic hydroxyl groups excluding tert-OH is 1. The highest BCUT2D eigenvalue weighted by atomic mass is 16.5. The average Bonchev–Trinajstić information content (AvgIpc) is 2.54. The van der Waals surface area contributed by atoms with Crippen LogP contribution in [-0.2, 0) is 9.53 Å². The number of aliphatic hydroxyl groups is 1. The fourth-order valence-corrected chi connectivity index (χ4v) is 2.31. The second-order valence-corrected chi connectivity index (χ2v) is 5.55. The van der Waals surface area contributed by atoms with Crippen LogP contribution in [0.5, 0.6) is 0 Å². The van der Waals surface area contributed by atoms with Gasteiger partial charge in [0.05, 0.1) is 13.2 Å². The molecule has 1 N–H and O–H groups in total. The van der Waals surface area contributed by atoms with Crippen LogP contribution in [0.1, 0.15) is 69.1 Å². The summed E-state index contributed by atoms with van der Waals surface area (Å²) in [7, 11) is 1.41. The Morgan fingerprint density at radius 2 is 2.14 bits per heavy atom. The normalized spacial score (nSPS) is 12.5. The Morgan fingerprint density at radius 1 is 1.32 bits per heavy atom. The van der Waals surface area contributed by atoms with Crippen molar-refractivity contribution in [2.45, 2.75) is 58.0 Å². The van der Waals surface area contributed by atoms with Gasteiger partial charge in [-0.05, 0) is 36.5 Å². The van der Waals surface area contributed by atoms with Crippen molar-refractivity contribution in [2.24, 2.45) is 0 Å². The van der Waals surface area contributed by atoms with Crippen molar-refractivity contribution in [3.05, 3.63) is 41.5 Å². The van der Waals surface area contributed by atoms with Crippen molar-refractivity contribution in [2.75, 3.05) is 7.11 Å². The Bertz CT molecular complexity index is 466. The quantitative estimate of drug-likeness (QED) is 0.505. The van der Waals surface area contributed by atoms with Gasteiger partial charge in [-0.3, -0.25) is 4.79 Å². The molecule has 0 spiro atoms. The molecule has 0 aromatic heterocycles. The zero-order chi connectivity index (χ0) is 16.2. The molecule has 0 aliphatic heterocycles. The molecule has 0 bridgehead atoms. The van der Waals surface area contributed by atoms with E-state index in [9.17, 15) is 9.90 Å². The molecular formula is C19H28O3. The summed E-state index contributed by atoms with van der Waals surface area (Å²) >= 11 is 0. The molecule has 0 heterocycles. The van der Waals surface area contributed by atoms with Gasteiger partial charge in [-0.2, -0.15) is 0 Å². The lowest BCUT2D eigenvalue weighted by atomic mass is 10.0. The van der Waals surface area contributed by atoms with E-state index in [1.165, 1.54) is 13.5 Å². The number of ether oxygens (including phenoxy) is 1. The van der Waals surface area contributed by atoms with E-state index in [1.807, 2.05) is 30.3 Å². The van der Waals surface area contributed by atoms with Gasteiger partial charge in [0, 0.05) is 6.42 Å². The second-order valence-electron chi connectivity index (χ2n) is 5.55. The summed E-state index contributed by atoms with van der Waals surface area (Å²) in [4.78, 5) is 11.0. The topological polar surface area (TPSA) is 46.5 Å². The summed E-state index contributed by atoms with van der Waals surface area (Å²) in [5.74, 6) is -0.161. The predicted molar refractivity (Wildman–Crippen MR) is 90.4 cm³/mol. The highest BCUT2D eigenvalue weighted by molar-refractivity contribution is 5.69. The van der Waals surface area contributed by atoms with Gasteiger partial charge in [0.2, 0.25) is 0 Å². The van der Waals surface area contributed by atoms with Gasteiger partial charge in [-0.25, -0.2) is 0 Å². The third-order valence-electron chi connectivity index (χ3n) is 3.67. The van der Waals surface area contributed by atoms with Gasteiger partial charge >= 0.3 is 5.97 Å². The molecule has 122 valence electrons. The number of allylic oxidation sites excluding steroid dienone is 1. The summed E-state index contributed by atoms with van der Waals surface area (Å²) in [6, 6.07) is 8.02. The number of unbranched alkanes of at least 4 members (excludes halogenated alkanes) is 3. The molecular weight excluding hydrogens is 276 g/mol. The van der Waals surface area contributed by atoms with E-state index in [1.54, 1.807) is 0 Å². The number of rotatable bonds is 10. The Kier molecular flexibility index (Phi) is 9.24. The smallest absolute Gasteiger partial charge is 0.305 e. The van der Waals surface area contributed by atoms with Crippen molar-refractivity contribution in [3.63, 3.8) is 0 Å². The first-order valence-electron chi connectivity index (χ1n) is 8.18. The Balaban J connectivity index is 2.44. The number of benzene rings is 1. The third-order valence-corrected chi connectivity index (χ3v) is 3.67. The van der Waals surface area contributed by atoms with Crippen LogP contribution in [0.4, 0.5) is 0 Å². The molecule has 3 nitrogen and oxygen atoms in total. The van der Waals surface area contributed by atoms with Crippen molar-refractivity contribution in [3.8, 4) is 0 Å². The molecule has 1 atom stereocenters. The van der Waals surface area contributed by atoms with Crippen LogP contribution in [0.3, 0.4) is 0 Å². The van der Waals surface area contributed by atoms with Crippen molar-refractivity contribution < 1.29 is 14.6 Å². The van der Waals surface area contributed by atoms with Crippen LogP contribution in [0.2, 0.25) is 0 Å². The van der Waals surface area contributed by atoms with E-state index >= 15 is 0 Å². The standard InChI is InChI=1S/C19H28O3/c1-3-4-6-13-18(20)17-12-9-11-16(15-17)10-7-5-8-14-19(21)22-2/h7,9-12,15,18,20H,3-6,8,13-14H2,1-2H3/b10-7-/t18-/m0/s1. The predicted octanol–water partition coefficient (Wildman–Crippen LogP) is 4.66. The van der Waals surface area contributed by atoms with Crippen LogP contribution in [-0.4, -0.2) is 18.2 Å². The van der Waals surface area contributed by atoms with Crippen molar-refractivity contribution >= 4 is 12.0 Å². The molecule has 0 amide bonds. The Morgan fingerprint density at radius 3 is 2.86 bits per heavy atom. The zero-order valence-electron chi connectivity index (χ0n) is 13.8. The molecule has 0 aliphatic carbocycles. The van der Waals surface area contributed by atoms with Crippen LogP contribution in [0.15, 0.2) is 30.3 Å². The minimum atomic E-state index is -0.376. The fraction of sp³-hybridized carbons (Fsp3) is 0.526. The molecule has 0 radical (unpaired) electrons. The van der Waals surface area contributed by atoms with Crippen LogP contribution < -0.4 is 0 Å². The van der Waals surface area contributed by atoms with E-state index in [4.69, 9.17) is 0 Å². The van der Waals surface area contributed by atoms with Gasteiger partial charge in [0.15, 0.2) is 0 Å². The molecule has 3 heteroatoms. The van der Waals surface area contributed by atoms with E-state index in [0.717, 1.165) is 43.2 Å². The lowest BCUT2D eigenvalue weighted by molar-refractivity contribution is -0.140. The molecule has 22 heavy (non-hydrogen) atoms. The highest BCUT2D eigenvalue weighted by Crippen LogP contribution is 2.21. The largest absolute Gasteiger partial charge is 0.469 e. The molecule has 1 aromatic carbocycles. The molecule has 0 saturated carbocycles. The number of carbonyl (C=O) groups excluding carboxylic acids is 1. The molecule has 0 fully saturated rings. The minimum absolute atomic E-state index is 0.161. The maximum atomic E-state index is 11.0. The number of hydrogen-bond donors (Lipinski definition) is 1. The molecule has 0 aliphatic rings. The van der Waals surface area contributed by atoms with Crippen LogP contribution >= 0.6 is 0 Å². The zero-order valence-corrected chi connectivity index (χ0v) is 13.8. The van der Waals surface area contributed by atoms with E-state index in [-0.39, 0.29) is 12.1 Å². The first-order chi connectivity index (χ1) is 10.7. The van der Waals surface area contributed by atoms with Crippen molar-refractivity contribution in [1.29, 1.82) is 0 Å². The summed E-state index contributed by atoms with van der Waals surface area (Å²) in [5, 5.41) is 10.2. The lowest BCUT2D eigenvalue weighted by Crippen LogP contribution is -1.98. The second kappa shape index (κ2) is 11.0. The van der Waals surface area contributed by atoms with Gasteiger partial charge < -0.3 is 9.84 Å². The fourth-order valence-electron chi connectivity index (χ4n) is 2.31. The maximum absolute atomic E-state index is 11.0. The van der Waals surface area contributed by atoms with Gasteiger partial charge in [0.1, 0.15) is 0 Å². The lowest BCUT2D eigenvalue weighted by Gasteiger charge is -2.11. The maximum Gasteiger partial charge on any atom is 0.305 e. The van der Waals surface area contributed by atoms with Crippen LogP contribution in [0.25, 0.3) is 6.08 Å². The minimum Gasteiger partial charge on any atom is -0.469 e. The first kappa shape index (κ1) is 18.4. The molecule has 1 aromatic rings. The first-order valence-corrected chi connectivity index (χ1v) is 8.18. The van der Waals surface area contributed by atoms with Gasteiger partial charge in [0.25, 0.3) is 0 Å². The number of hydrogen-bond acceptors (Lipinski definition) is 3. The highest BCUT2D eigenvalue weighted by Gasteiger charge is 2.06. The molecule has 0 unspecified atom stereocenters. The summed E-state index contributed by atoms with van der Waals surface area (Å²) in [5.41, 5.74) is 2.07. The van der Waals surface area contributed by atoms with Crippen molar-refractivity contribution in [1.82, 2.24) is 0 Å². The Labute approximate surface area is 134 Å². The Hall–Kier alpha value is -1.61. The summed E-state index contributed by atoms with van der Waals surface area (Å²) < 4.78 is 4.61. The number of esters is 1. The summed E-state index contributed by atoms with van der Waals surface area (Å²) in [6.45, 7) is 2.16. The number of carbonyl (C=O) groups is 1. The average molecular weight is 304 g/mol. The van der Waals surface area contributed by atoms with Gasteiger partial charge in [-0.15, -0.1) is 0 Å². The number of methoxy groups -OCH3 is 1. The van der Waals surface area contributed by atoms with E-state index in [2.05, 4.69) is 17.7 Å². The monoisotopic (exact) mass is 304 g/mol. The third kappa shape index (κ3) is 7.41. The molecule has 0 saturated heterocycles.